The average Bonchev–Trinajstić information content (AvgIpc) is 3.43. The van der Waals surface area contributed by atoms with Gasteiger partial charge in [0.25, 0.3) is 0 Å². The van der Waals surface area contributed by atoms with E-state index in [-0.39, 0.29) is 12.1 Å². The molecule has 1 aromatic heterocycles. The van der Waals surface area contributed by atoms with Crippen LogP contribution in [0.2, 0.25) is 5.02 Å². The van der Waals surface area contributed by atoms with Crippen LogP contribution in [-0.4, -0.2) is 76.3 Å². The first-order valence-electron chi connectivity index (χ1n) is 12.0. The maximum atomic E-state index is 10.6. The molecule has 2 aliphatic rings. The third-order valence-electron chi connectivity index (χ3n) is 6.60. The lowest BCUT2D eigenvalue weighted by atomic mass is 10.0. The van der Waals surface area contributed by atoms with Gasteiger partial charge in [0.05, 0.1) is 20.9 Å². The van der Waals surface area contributed by atoms with Crippen molar-refractivity contribution in [2.45, 2.75) is 51.7 Å². The number of ether oxygens (including phenoxy) is 1. The van der Waals surface area contributed by atoms with E-state index in [1.54, 1.807) is 18.3 Å². The Bertz CT molecular complexity index is 1200. The van der Waals surface area contributed by atoms with Crippen LogP contribution in [-0.2, 0) is 4.84 Å². The van der Waals surface area contributed by atoms with Gasteiger partial charge in [-0.05, 0) is 50.6 Å². The summed E-state index contributed by atoms with van der Waals surface area (Å²) in [6, 6.07) is 13.9. The average molecular weight is 515 g/mol. The van der Waals surface area contributed by atoms with Crippen molar-refractivity contribution < 1.29 is 14.7 Å². The molecule has 1 fully saturated rings. The van der Waals surface area contributed by atoms with Gasteiger partial charge in [-0.25, -0.2) is 4.98 Å². The molecule has 0 aliphatic carbocycles. The molecule has 186 valence electrons. The van der Waals surface area contributed by atoms with Crippen molar-refractivity contribution in [1.29, 1.82) is 0 Å². The number of halogens is 1. The smallest absolute Gasteiger partial charge is 0.178 e. The standard InChI is InChI=1S/C26H31ClN4O3S/c1-16-14-30(15-22-13-23(29-34-22)19-4-6-20(27)7-5-19)10-11-31(16)26(17(2)32)33-21-8-9-25-24(12-21)28-18(3)35-25/h4-9,12,16-17,22,26,32H,10-11,13-15H2,1-3H3/t16-,17+,22?,26?/m0/s1. The van der Waals surface area contributed by atoms with E-state index in [2.05, 4.69) is 26.9 Å². The second-order valence-electron chi connectivity index (χ2n) is 9.43. The zero-order chi connectivity index (χ0) is 24.5. The molecule has 0 radical (unpaired) electrons. The fourth-order valence-corrected chi connectivity index (χ4v) is 5.83. The van der Waals surface area contributed by atoms with Gasteiger partial charge in [-0.1, -0.05) is 28.9 Å². The third-order valence-corrected chi connectivity index (χ3v) is 7.80. The molecule has 4 atom stereocenters. The lowest BCUT2D eigenvalue weighted by molar-refractivity contribution is -0.0984. The van der Waals surface area contributed by atoms with Gasteiger partial charge in [-0.15, -0.1) is 11.3 Å². The summed E-state index contributed by atoms with van der Waals surface area (Å²) in [7, 11) is 0. The first-order chi connectivity index (χ1) is 16.9. The maximum Gasteiger partial charge on any atom is 0.178 e. The molecule has 7 nitrogen and oxygen atoms in total. The lowest BCUT2D eigenvalue weighted by Gasteiger charge is -2.44. The van der Waals surface area contributed by atoms with Gasteiger partial charge < -0.3 is 14.7 Å². The van der Waals surface area contributed by atoms with Crippen molar-refractivity contribution in [3.63, 3.8) is 0 Å². The Morgan fingerprint density at radius 1 is 1.23 bits per heavy atom. The summed E-state index contributed by atoms with van der Waals surface area (Å²) in [6.45, 7) is 9.34. The summed E-state index contributed by atoms with van der Waals surface area (Å²) >= 11 is 7.67. The number of rotatable bonds is 7. The predicted molar refractivity (Wildman–Crippen MR) is 141 cm³/mol. The number of hydrogen-bond acceptors (Lipinski definition) is 8. The summed E-state index contributed by atoms with van der Waals surface area (Å²) in [5.41, 5.74) is 2.95. The predicted octanol–water partition coefficient (Wildman–Crippen LogP) is 4.54. The molecule has 0 saturated carbocycles. The zero-order valence-corrected chi connectivity index (χ0v) is 21.8. The van der Waals surface area contributed by atoms with E-state index in [0.717, 1.165) is 69.9 Å². The molecule has 9 heteroatoms. The van der Waals surface area contributed by atoms with E-state index in [1.165, 1.54) is 0 Å². The summed E-state index contributed by atoms with van der Waals surface area (Å²) in [5.74, 6) is 0.731. The number of thiazole rings is 1. The minimum atomic E-state index is -0.634. The molecule has 0 amide bonds. The second-order valence-corrected chi connectivity index (χ2v) is 11.1. The van der Waals surface area contributed by atoms with Crippen LogP contribution in [0.3, 0.4) is 0 Å². The highest BCUT2D eigenvalue weighted by molar-refractivity contribution is 7.18. The minimum absolute atomic E-state index is 0.0385. The van der Waals surface area contributed by atoms with Gasteiger partial charge in [0.15, 0.2) is 6.23 Å². The number of fused-ring (bicyclic) bond motifs is 1. The van der Waals surface area contributed by atoms with E-state index in [9.17, 15) is 5.11 Å². The van der Waals surface area contributed by atoms with Crippen molar-refractivity contribution in [2.75, 3.05) is 26.2 Å². The Labute approximate surface area is 214 Å². The number of piperazine rings is 1. The van der Waals surface area contributed by atoms with Crippen LogP contribution in [0.4, 0.5) is 0 Å². The normalized spacial score (nSPS) is 23.2. The molecule has 1 saturated heterocycles. The Morgan fingerprint density at radius 3 is 2.77 bits per heavy atom. The quantitative estimate of drug-likeness (QED) is 0.499. The summed E-state index contributed by atoms with van der Waals surface area (Å²) < 4.78 is 7.45. The molecule has 2 unspecified atom stereocenters. The molecule has 0 spiro atoms. The first kappa shape index (κ1) is 24.5. The summed E-state index contributed by atoms with van der Waals surface area (Å²) in [6.07, 6.45) is -0.234. The van der Waals surface area contributed by atoms with Crippen LogP contribution in [0.25, 0.3) is 10.2 Å². The number of oxime groups is 1. The minimum Gasteiger partial charge on any atom is -0.472 e. The molecule has 3 heterocycles. The van der Waals surface area contributed by atoms with Crippen molar-refractivity contribution in [1.82, 2.24) is 14.8 Å². The van der Waals surface area contributed by atoms with Crippen molar-refractivity contribution in [2.24, 2.45) is 5.16 Å². The van der Waals surface area contributed by atoms with Gasteiger partial charge in [-0.3, -0.25) is 9.80 Å². The van der Waals surface area contributed by atoms with E-state index in [1.807, 2.05) is 49.4 Å². The van der Waals surface area contributed by atoms with Crippen molar-refractivity contribution in [3.8, 4) is 5.75 Å². The number of aryl methyl sites for hydroxylation is 1. The van der Waals surface area contributed by atoms with Crippen LogP contribution in [0, 0.1) is 6.92 Å². The second kappa shape index (κ2) is 10.4. The topological polar surface area (TPSA) is 70.4 Å². The van der Waals surface area contributed by atoms with Crippen LogP contribution in [0.1, 0.15) is 30.8 Å². The molecule has 3 aromatic rings. The zero-order valence-electron chi connectivity index (χ0n) is 20.2. The highest BCUT2D eigenvalue weighted by atomic mass is 35.5. The van der Waals surface area contributed by atoms with Gasteiger partial charge >= 0.3 is 0 Å². The Morgan fingerprint density at radius 2 is 2.03 bits per heavy atom. The number of nitrogens with zero attached hydrogens (tertiary/aromatic N) is 4. The van der Waals surface area contributed by atoms with Crippen LogP contribution in [0.15, 0.2) is 47.6 Å². The highest BCUT2D eigenvalue weighted by Gasteiger charge is 2.35. The molecule has 35 heavy (non-hydrogen) atoms. The largest absolute Gasteiger partial charge is 0.472 e. The van der Waals surface area contributed by atoms with Crippen molar-refractivity contribution in [3.05, 3.63) is 58.1 Å². The van der Waals surface area contributed by atoms with E-state index < -0.39 is 12.3 Å². The number of hydrogen-bond donors (Lipinski definition) is 1. The van der Waals surface area contributed by atoms with Gasteiger partial charge in [-0.2, -0.15) is 0 Å². The van der Waals surface area contributed by atoms with Gasteiger partial charge in [0, 0.05) is 49.7 Å². The molecule has 0 bridgehead atoms. The summed E-state index contributed by atoms with van der Waals surface area (Å²) in [5, 5.41) is 16.6. The fourth-order valence-electron chi connectivity index (χ4n) is 4.90. The highest BCUT2D eigenvalue weighted by Crippen LogP contribution is 2.28. The SMILES string of the molecule is Cc1nc2cc(OC([C@@H](C)O)N3CCN(CC4CC(c5ccc(Cl)cc5)=NO4)C[C@@H]3C)ccc2s1. The number of benzene rings is 2. The Balaban J connectivity index is 1.17. The van der Waals surface area contributed by atoms with Crippen LogP contribution in [0.5, 0.6) is 5.75 Å². The molecule has 5 rings (SSSR count). The Kier molecular flexibility index (Phi) is 7.27. The maximum absolute atomic E-state index is 10.6. The van der Waals surface area contributed by atoms with E-state index in [4.69, 9.17) is 21.2 Å². The number of aromatic nitrogens is 1. The molecule has 1 N–H and O–H groups in total. The van der Waals surface area contributed by atoms with Crippen molar-refractivity contribution >= 4 is 38.9 Å². The molecule has 2 aliphatic heterocycles. The third kappa shape index (κ3) is 5.62. The molecule has 2 aromatic carbocycles. The molecular weight excluding hydrogens is 484 g/mol. The number of aliphatic hydroxyl groups excluding tert-OH is 1. The van der Waals surface area contributed by atoms with Crippen LogP contribution >= 0.6 is 22.9 Å². The van der Waals surface area contributed by atoms with Crippen LogP contribution < -0.4 is 4.74 Å². The monoisotopic (exact) mass is 514 g/mol. The lowest BCUT2D eigenvalue weighted by Crippen LogP contribution is -2.60. The Hall–Kier alpha value is -2.23. The van der Waals surface area contributed by atoms with Gasteiger partial charge in [0.2, 0.25) is 0 Å². The number of aliphatic hydroxyl groups is 1. The fraction of sp³-hybridized carbons (Fsp3) is 0.462. The summed E-state index contributed by atoms with van der Waals surface area (Å²) in [4.78, 5) is 15.0. The first-order valence-corrected chi connectivity index (χ1v) is 13.2. The van der Waals surface area contributed by atoms with E-state index >= 15 is 0 Å². The molecular formula is C26H31ClN4O3S. The van der Waals surface area contributed by atoms with Gasteiger partial charge in [0.1, 0.15) is 18.0 Å². The van der Waals surface area contributed by atoms with E-state index in [0.29, 0.717) is 0 Å².